The van der Waals surface area contributed by atoms with E-state index in [2.05, 4.69) is 6.58 Å². The summed E-state index contributed by atoms with van der Waals surface area (Å²) in [6.07, 6.45) is 1.29. The number of halogens is 1. The molecule has 0 saturated carbocycles. The zero-order valence-corrected chi connectivity index (χ0v) is 13.5. The number of rotatable bonds is 3. The second-order valence-electron chi connectivity index (χ2n) is 5.12. The quantitative estimate of drug-likeness (QED) is 0.801. The maximum atomic E-state index is 12.7. The molecule has 1 aromatic carbocycles. The number of aryl methyl sites for hydroxylation is 1. The van der Waals surface area contributed by atoms with Gasteiger partial charge < -0.3 is 14.5 Å². The summed E-state index contributed by atoms with van der Waals surface area (Å²) in [5.74, 6) is 0.250. The molecule has 0 atom stereocenters. The second-order valence-corrected chi connectivity index (χ2v) is 5.53. The van der Waals surface area contributed by atoms with E-state index >= 15 is 0 Å². The minimum atomic E-state index is -0.109. The molecule has 118 valence electrons. The number of hydrogen-bond acceptors (Lipinski definition) is 3. The van der Waals surface area contributed by atoms with Crippen LogP contribution in [0.15, 0.2) is 24.8 Å². The summed E-state index contributed by atoms with van der Waals surface area (Å²) in [7, 11) is 1.51. The molecule has 5 nitrogen and oxygen atoms in total. The molecule has 1 fully saturated rings. The Balaban J connectivity index is 2.15. The van der Waals surface area contributed by atoms with Crippen molar-refractivity contribution < 1.29 is 14.3 Å². The number of ether oxygens (including phenoxy) is 1. The lowest BCUT2D eigenvalue weighted by Gasteiger charge is -2.34. The first kappa shape index (κ1) is 16.4. The normalized spacial score (nSPS) is 14.7. The van der Waals surface area contributed by atoms with E-state index in [9.17, 15) is 9.59 Å². The van der Waals surface area contributed by atoms with Gasteiger partial charge in [0.15, 0.2) is 0 Å². The summed E-state index contributed by atoms with van der Waals surface area (Å²) < 4.78 is 5.26. The van der Waals surface area contributed by atoms with Crippen molar-refractivity contribution in [2.24, 2.45) is 0 Å². The van der Waals surface area contributed by atoms with Crippen LogP contribution in [0.1, 0.15) is 15.9 Å². The van der Waals surface area contributed by atoms with E-state index in [0.717, 1.165) is 5.56 Å². The summed E-state index contributed by atoms with van der Waals surface area (Å²) >= 11 is 6.07. The highest BCUT2D eigenvalue weighted by molar-refractivity contribution is 6.31. The van der Waals surface area contributed by atoms with Crippen LogP contribution in [-0.2, 0) is 4.79 Å². The van der Waals surface area contributed by atoms with Gasteiger partial charge in [-0.05, 0) is 30.7 Å². The lowest BCUT2D eigenvalue weighted by Crippen LogP contribution is -2.50. The van der Waals surface area contributed by atoms with Gasteiger partial charge in [0.25, 0.3) is 5.91 Å². The fourth-order valence-corrected chi connectivity index (χ4v) is 2.58. The van der Waals surface area contributed by atoms with E-state index in [1.165, 1.54) is 13.2 Å². The topological polar surface area (TPSA) is 49.9 Å². The summed E-state index contributed by atoms with van der Waals surface area (Å²) in [5.41, 5.74) is 1.32. The van der Waals surface area contributed by atoms with Gasteiger partial charge in [-0.15, -0.1) is 0 Å². The van der Waals surface area contributed by atoms with E-state index in [4.69, 9.17) is 16.3 Å². The fraction of sp³-hybridized carbons (Fsp3) is 0.375. The predicted molar refractivity (Wildman–Crippen MR) is 85.4 cm³/mol. The van der Waals surface area contributed by atoms with Crippen LogP contribution in [0, 0.1) is 6.92 Å². The molecule has 0 bridgehead atoms. The number of benzene rings is 1. The molecular weight excluding hydrogens is 304 g/mol. The van der Waals surface area contributed by atoms with Gasteiger partial charge in [0.05, 0.1) is 12.7 Å². The Bertz CT molecular complexity index is 608. The smallest absolute Gasteiger partial charge is 0.257 e. The van der Waals surface area contributed by atoms with Crippen molar-refractivity contribution in [3.8, 4) is 5.75 Å². The van der Waals surface area contributed by atoms with Gasteiger partial charge in [-0.3, -0.25) is 9.59 Å². The summed E-state index contributed by atoms with van der Waals surface area (Å²) in [4.78, 5) is 27.6. The van der Waals surface area contributed by atoms with Crippen LogP contribution in [0.3, 0.4) is 0 Å². The monoisotopic (exact) mass is 322 g/mol. The molecule has 6 heteroatoms. The van der Waals surface area contributed by atoms with Gasteiger partial charge in [0.1, 0.15) is 5.75 Å². The first-order chi connectivity index (χ1) is 10.5. The zero-order valence-electron chi connectivity index (χ0n) is 12.8. The summed E-state index contributed by atoms with van der Waals surface area (Å²) in [6, 6.07) is 3.40. The molecule has 0 aromatic heterocycles. The van der Waals surface area contributed by atoms with Crippen molar-refractivity contribution in [1.82, 2.24) is 9.80 Å². The minimum Gasteiger partial charge on any atom is -0.496 e. The van der Waals surface area contributed by atoms with E-state index in [1.54, 1.807) is 21.9 Å². The lowest BCUT2D eigenvalue weighted by molar-refractivity contribution is -0.127. The van der Waals surface area contributed by atoms with Gasteiger partial charge in [0, 0.05) is 31.2 Å². The predicted octanol–water partition coefficient (Wildman–Crippen LogP) is 2.13. The van der Waals surface area contributed by atoms with E-state index in [-0.39, 0.29) is 11.8 Å². The van der Waals surface area contributed by atoms with Gasteiger partial charge >= 0.3 is 0 Å². The Morgan fingerprint density at radius 2 is 1.82 bits per heavy atom. The van der Waals surface area contributed by atoms with Crippen LogP contribution < -0.4 is 4.74 Å². The van der Waals surface area contributed by atoms with Crippen LogP contribution in [0.4, 0.5) is 0 Å². The molecule has 0 aliphatic carbocycles. The van der Waals surface area contributed by atoms with Crippen LogP contribution in [0.5, 0.6) is 5.75 Å². The van der Waals surface area contributed by atoms with E-state index in [0.29, 0.717) is 42.5 Å². The third kappa shape index (κ3) is 3.25. The number of nitrogens with zero attached hydrogens (tertiary/aromatic N) is 2. The van der Waals surface area contributed by atoms with Crippen molar-refractivity contribution in [3.63, 3.8) is 0 Å². The van der Waals surface area contributed by atoms with Crippen molar-refractivity contribution in [2.75, 3.05) is 33.3 Å². The third-order valence-corrected chi connectivity index (χ3v) is 4.17. The highest BCUT2D eigenvalue weighted by atomic mass is 35.5. The van der Waals surface area contributed by atoms with E-state index in [1.807, 2.05) is 6.92 Å². The van der Waals surface area contributed by atoms with E-state index < -0.39 is 0 Å². The summed E-state index contributed by atoms with van der Waals surface area (Å²) in [5, 5.41) is 0.565. The van der Waals surface area contributed by atoms with Crippen LogP contribution in [-0.4, -0.2) is 54.9 Å². The first-order valence-corrected chi connectivity index (χ1v) is 7.40. The van der Waals surface area contributed by atoms with Crippen molar-refractivity contribution >= 4 is 23.4 Å². The Hall–Kier alpha value is -2.01. The van der Waals surface area contributed by atoms with Gasteiger partial charge in [-0.25, -0.2) is 0 Å². The largest absolute Gasteiger partial charge is 0.496 e. The number of carbonyl (C=O) groups excluding carboxylic acids is 2. The molecule has 0 spiro atoms. The van der Waals surface area contributed by atoms with Crippen LogP contribution in [0.2, 0.25) is 5.02 Å². The Morgan fingerprint density at radius 3 is 2.36 bits per heavy atom. The Morgan fingerprint density at radius 1 is 1.23 bits per heavy atom. The molecule has 2 rings (SSSR count). The number of amides is 2. The molecule has 0 radical (unpaired) electrons. The standard InChI is InChI=1S/C16H19ClN2O3/c1-4-15(20)18-5-7-19(8-6-18)16(21)12-9-11(2)13(17)10-14(12)22-3/h4,9-10H,1,5-8H2,2-3H3. The third-order valence-electron chi connectivity index (χ3n) is 3.76. The number of hydrogen-bond donors (Lipinski definition) is 0. The average Bonchev–Trinajstić information content (AvgIpc) is 2.55. The number of methoxy groups -OCH3 is 1. The molecule has 1 aromatic rings. The Kier molecular flexibility index (Phi) is 5.08. The number of carbonyl (C=O) groups is 2. The zero-order chi connectivity index (χ0) is 16.3. The molecular formula is C16H19ClN2O3. The van der Waals surface area contributed by atoms with Gasteiger partial charge in [-0.1, -0.05) is 18.2 Å². The molecule has 1 aliphatic heterocycles. The average molecular weight is 323 g/mol. The SMILES string of the molecule is C=CC(=O)N1CCN(C(=O)c2cc(C)c(Cl)cc2OC)CC1. The first-order valence-electron chi connectivity index (χ1n) is 7.02. The molecule has 2 amide bonds. The highest BCUT2D eigenvalue weighted by Crippen LogP contribution is 2.28. The lowest BCUT2D eigenvalue weighted by atomic mass is 10.1. The van der Waals surface area contributed by atoms with Crippen LogP contribution >= 0.6 is 11.6 Å². The fourth-order valence-electron chi connectivity index (χ4n) is 2.43. The van der Waals surface area contributed by atoms with Crippen molar-refractivity contribution in [3.05, 3.63) is 40.9 Å². The molecule has 0 N–H and O–H groups in total. The molecule has 1 aliphatic rings. The Labute approximate surface area is 135 Å². The second kappa shape index (κ2) is 6.83. The maximum absolute atomic E-state index is 12.7. The highest BCUT2D eigenvalue weighted by Gasteiger charge is 2.26. The van der Waals surface area contributed by atoms with Gasteiger partial charge in [-0.2, -0.15) is 0 Å². The maximum Gasteiger partial charge on any atom is 0.257 e. The summed E-state index contributed by atoms with van der Waals surface area (Å²) in [6.45, 7) is 7.31. The molecule has 1 saturated heterocycles. The van der Waals surface area contributed by atoms with Crippen LogP contribution in [0.25, 0.3) is 0 Å². The van der Waals surface area contributed by atoms with Crippen molar-refractivity contribution in [1.29, 1.82) is 0 Å². The molecule has 1 heterocycles. The van der Waals surface area contributed by atoms with Gasteiger partial charge in [0.2, 0.25) is 5.91 Å². The number of piperazine rings is 1. The minimum absolute atomic E-state index is 0.105. The van der Waals surface area contributed by atoms with Crippen molar-refractivity contribution in [2.45, 2.75) is 6.92 Å². The molecule has 22 heavy (non-hydrogen) atoms. The molecule has 0 unspecified atom stereocenters.